The zero-order valence-electron chi connectivity index (χ0n) is 12.5. The zero-order valence-corrected chi connectivity index (χ0v) is 15.7. The number of rotatable bonds is 4. The average molecular weight is 445 g/mol. The molecule has 0 unspecified atom stereocenters. The van der Waals surface area contributed by atoms with Gasteiger partial charge in [0.25, 0.3) is 15.7 Å². The van der Waals surface area contributed by atoms with Gasteiger partial charge in [0.1, 0.15) is 5.02 Å². The van der Waals surface area contributed by atoms with Crippen LogP contribution in [0.1, 0.15) is 5.56 Å². The highest BCUT2D eigenvalue weighted by Crippen LogP contribution is 2.33. The van der Waals surface area contributed by atoms with E-state index in [2.05, 4.69) is 15.9 Å². The molecule has 0 saturated carbocycles. The lowest BCUT2D eigenvalue weighted by Gasteiger charge is -2.08. The number of aromatic nitrogens is 1. The fourth-order valence-corrected chi connectivity index (χ4v) is 4.75. The Morgan fingerprint density at radius 1 is 1.28 bits per heavy atom. The van der Waals surface area contributed by atoms with E-state index in [1.165, 1.54) is 18.3 Å². The molecule has 0 bridgehead atoms. The smallest absolute Gasteiger partial charge is 0.289 e. The van der Waals surface area contributed by atoms with Gasteiger partial charge in [-0.2, -0.15) is 0 Å². The maximum absolute atomic E-state index is 13.0. The third-order valence-corrected chi connectivity index (χ3v) is 6.36. The van der Waals surface area contributed by atoms with Crippen molar-refractivity contribution in [2.45, 2.75) is 11.4 Å². The van der Waals surface area contributed by atoms with Crippen LogP contribution in [0.15, 0.2) is 52.0 Å². The summed E-state index contributed by atoms with van der Waals surface area (Å²) in [7, 11) is -4.07. The second-order valence-corrected chi connectivity index (χ2v) is 8.24. The van der Waals surface area contributed by atoms with Crippen molar-refractivity contribution < 1.29 is 13.3 Å². The van der Waals surface area contributed by atoms with Crippen LogP contribution in [0, 0.1) is 10.1 Å². The standard InChI is InChI=1S/C15H11BrClN3O4S/c16-11-2-1-3-13-15(11)9(7-18)8-19(13)25(23,24)10-4-5-12(17)14(6-10)20(21)22/h1-6,8H,7,18H2. The summed E-state index contributed by atoms with van der Waals surface area (Å²) in [6.07, 6.45) is 1.42. The molecule has 3 aromatic rings. The van der Waals surface area contributed by atoms with E-state index in [0.717, 1.165) is 10.0 Å². The predicted octanol–water partition coefficient (Wildman–Crippen LogP) is 3.66. The quantitative estimate of drug-likeness (QED) is 0.488. The van der Waals surface area contributed by atoms with E-state index in [4.69, 9.17) is 17.3 Å². The molecule has 2 aromatic carbocycles. The van der Waals surface area contributed by atoms with E-state index in [9.17, 15) is 18.5 Å². The summed E-state index contributed by atoms with van der Waals surface area (Å²) in [6, 6.07) is 8.49. The van der Waals surface area contributed by atoms with Crippen LogP contribution in [0.3, 0.4) is 0 Å². The molecule has 1 aromatic heterocycles. The molecular weight excluding hydrogens is 434 g/mol. The van der Waals surface area contributed by atoms with E-state index in [0.29, 0.717) is 20.9 Å². The van der Waals surface area contributed by atoms with Gasteiger partial charge in [-0.1, -0.05) is 33.6 Å². The van der Waals surface area contributed by atoms with E-state index in [-0.39, 0.29) is 16.5 Å². The summed E-state index contributed by atoms with van der Waals surface area (Å²) in [6.45, 7) is 0.141. The highest BCUT2D eigenvalue weighted by molar-refractivity contribution is 9.10. The second-order valence-electron chi connectivity index (χ2n) is 5.16. The van der Waals surface area contributed by atoms with Gasteiger partial charge in [0.2, 0.25) is 0 Å². The maximum Gasteiger partial charge on any atom is 0.289 e. The van der Waals surface area contributed by atoms with Crippen LogP contribution in [0.2, 0.25) is 5.02 Å². The second kappa shape index (κ2) is 6.41. The number of hydrogen-bond acceptors (Lipinski definition) is 5. The van der Waals surface area contributed by atoms with Gasteiger partial charge in [-0.05, 0) is 29.8 Å². The van der Waals surface area contributed by atoms with Crippen molar-refractivity contribution >= 4 is 54.1 Å². The van der Waals surface area contributed by atoms with Gasteiger partial charge >= 0.3 is 0 Å². The fourth-order valence-electron chi connectivity index (χ4n) is 2.55. The van der Waals surface area contributed by atoms with Gasteiger partial charge in [-0.15, -0.1) is 0 Å². The van der Waals surface area contributed by atoms with Gasteiger partial charge in [0.05, 0.1) is 15.3 Å². The Bertz CT molecular complexity index is 1110. The molecule has 0 atom stereocenters. The summed E-state index contributed by atoms with van der Waals surface area (Å²) >= 11 is 9.16. The summed E-state index contributed by atoms with van der Waals surface area (Å²) in [5, 5.41) is 11.6. The van der Waals surface area contributed by atoms with Crippen LogP contribution in [0.4, 0.5) is 5.69 Å². The van der Waals surface area contributed by atoms with Crippen LogP contribution >= 0.6 is 27.5 Å². The molecule has 10 heteroatoms. The summed E-state index contributed by atoms with van der Waals surface area (Å²) in [5.41, 5.74) is 6.31. The molecule has 25 heavy (non-hydrogen) atoms. The van der Waals surface area contributed by atoms with Crippen LogP contribution in [0.5, 0.6) is 0 Å². The Hall–Kier alpha value is -1.94. The molecule has 2 N–H and O–H groups in total. The molecule has 3 rings (SSSR count). The van der Waals surface area contributed by atoms with Crippen molar-refractivity contribution in [2.75, 3.05) is 0 Å². The van der Waals surface area contributed by atoms with Gasteiger partial charge in [-0.25, -0.2) is 12.4 Å². The van der Waals surface area contributed by atoms with Crippen molar-refractivity contribution in [2.24, 2.45) is 5.73 Å². The van der Waals surface area contributed by atoms with Crippen LogP contribution in [-0.4, -0.2) is 17.3 Å². The van der Waals surface area contributed by atoms with Crippen LogP contribution in [-0.2, 0) is 16.6 Å². The van der Waals surface area contributed by atoms with Crippen LogP contribution in [0.25, 0.3) is 10.9 Å². The number of nitrogens with zero attached hydrogens (tertiary/aromatic N) is 2. The Morgan fingerprint density at radius 2 is 2.00 bits per heavy atom. The number of nitro groups is 1. The van der Waals surface area contributed by atoms with Crippen molar-refractivity contribution in [1.29, 1.82) is 0 Å². The Labute approximate surface area is 156 Å². The predicted molar refractivity (Wildman–Crippen MR) is 98.2 cm³/mol. The van der Waals surface area contributed by atoms with Crippen molar-refractivity contribution in [3.05, 3.63) is 67.8 Å². The Kier molecular flexibility index (Phi) is 4.58. The molecule has 0 aliphatic carbocycles. The largest absolute Gasteiger partial charge is 0.326 e. The van der Waals surface area contributed by atoms with E-state index < -0.39 is 20.6 Å². The summed E-state index contributed by atoms with van der Waals surface area (Å²) in [4.78, 5) is 10.1. The minimum Gasteiger partial charge on any atom is -0.326 e. The minimum absolute atomic E-state index is 0.133. The summed E-state index contributed by atoms with van der Waals surface area (Å²) < 4.78 is 27.8. The molecule has 1 heterocycles. The first-order chi connectivity index (χ1) is 11.8. The number of nitrogens with two attached hydrogens (primary N) is 1. The number of hydrogen-bond donors (Lipinski definition) is 1. The van der Waals surface area contributed by atoms with Gasteiger partial charge in [-0.3, -0.25) is 10.1 Å². The maximum atomic E-state index is 13.0. The SMILES string of the molecule is NCc1cn(S(=O)(=O)c2ccc(Cl)c([N+](=O)[O-])c2)c2cccc(Br)c12. The number of fused-ring (bicyclic) bond motifs is 1. The number of nitro benzene ring substituents is 1. The lowest BCUT2D eigenvalue weighted by atomic mass is 10.2. The molecule has 7 nitrogen and oxygen atoms in total. The molecule has 0 fully saturated rings. The van der Waals surface area contributed by atoms with Gasteiger partial charge < -0.3 is 5.73 Å². The van der Waals surface area contributed by atoms with Gasteiger partial charge in [0.15, 0.2) is 0 Å². The first-order valence-corrected chi connectivity index (χ1v) is 9.56. The third-order valence-electron chi connectivity index (χ3n) is 3.71. The normalized spacial score (nSPS) is 11.8. The summed E-state index contributed by atoms with van der Waals surface area (Å²) in [5.74, 6) is 0. The molecule has 0 spiro atoms. The van der Waals surface area contributed by atoms with E-state index in [1.54, 1.807) is 18.2 Å². The monoisotopic (exact) mass is 443 g/mol. The fraction of sp³-hybridized carbons (Fsp3) is 0.0667. The van der Waals surface area contributed by atoms with E-state index in [1.807, 2.05) is 0 Å². The average Bonchev–Trinajstić information content (AvgIpc) is 2.95. The molecule has 0 aliphatic heterocycles. The molecule has 0 aliphatic rings. The minimum atomic E-state index is -4.07. The zero-order chi connectivity index (χ0) is 18.4. The molecule has 0 saturated heterocycles. The molecule has 0 amide bonds. The van der Waals surface area contributed by atoms with Gasteiger partial charge in [0, 0.05) is 28.7 Å². The van der Waals surface area contributed by atoms with Crippen LogP contribution < -0.4 is 5.73 Å². The number of benzene rings is 2. The highest BCUT2D eigenvalue weighted by Gasteiger charge is 2.25. The first kappa shape index (κ1) is 17.9. The lowest BCUT2D eigenvalue weighted by molar-refractivity contribution is -0.384. The van der Waals surface area contributed by atoms with Crippen molar-refractivity contribution in [1.82, 2.24) is 3.97 Å². The Balaban J connectivity index is 2.29. The topological polar surface area (TPSA) is 108 Å². The highest BCUT2D eigenvalue weighted by atomic mass is 79.9. The third kappa shape index (κ3) is 2.93. The Morgan fingerprint density at radius 3 is 2.64 bits per heavy atom. The lowest BCUT2D eigenvalue weighted by Crippen LogP contribution is -2.12. The molecule has 130 valence electrons. The molecular formula is C15H11BrClN3O4S. The molecule has 0 radical (unpaired) electrons. The number of halogens is 2. The first-order valence-electron chi connectivity index (χ1n) is 6.95. The van der Waals surface area contributed by atoms with Crippen molar-refractivity contribution in [3.8, 4) is 0 Å². The van der Waals surface area contributed by atoms with E-state index >= 15 is 0 Å². The van der Waals surface area contributed by atoms with Crippen molar-refractivity contribution in [3.63, 3.8) is 0 Å².